The first kappa shape index (κ1) is 14.2. The summed E-state index contributed by atoms with van der Waals surface area (Å²) in [5.41, 5.74) is -0.0586. The molecule has 114 valence electrons. The summed E-state index contributed by atoms with van der Waals surface area (Å²) in [5, 5.41) is 9.08. The highest BCUT2D eigenvalue weighted by Crippen LogP contribution is 2.54. The Hall–Kier alpha value is -1.76. The van der Waals surface area contributed by atoms with Crippen LogP contribution in [0.2, 0.25) is 0 Å². The molecule has 1 aliphatic carbocycles. The van der Waals surface area contributed by atoms with Crippen LogP contribution in [0.3, 0.4) is 0 Å². The molecule has 0 spiro atoms. The van der Waals surface area contributed by atoms with Gasteiger partial charge in [0.25, 0.3) is 0 Å². The van der Waals surface area contributed by atoms with Gasteiger partial charge in [-0.2, -0.15) is 0 Å². The van der Waals surface area contributed by atoms with Crippen molar-refractivity contribution < 1.29 is 27.8 Å². The van der Waals surface area contributed by atoms with Gasteiger partial charge in [-0.25, -0.2) is 8.42 Å². The van der Waals surface area contributed by atoms with Crippen LogP contribution in [0.25, 0.3) is 0 Å². The molecule has 1 N–H and O–H groups in total. The van der Waals surface area contributed by atoms with Gasteiger partial charge < -0.3 is 14.6 Å². The second-order valence-electron chi connectivity index (χ2n) is 5.62. The van der Waals surface area contributed by atoms with Gasteiger partial charge in [0.15, 0.2) is 21.3 Å². The molecule has 1 aromatic rings. The number of ether oxygens (including phenoxy) is 2. The number of hydrogen-bond acceptors (Lipinski definition) is 5. The van der Waals surface area contributed by atoms with Crippen LogP contribution in [0.15, 0.2) is 17.0 Å². The Balaban J connectivity index is 2.16. The topological polar surface area (TPSA) is 89.9 Å². The van der Waals surface area contributed by atoms with Crippen LogP contribution in [-0.2, 0) is 20.0 Å². The number of sulfone groups is 1. The van der Waals surface area contributed by atoms with Crippen molar-refractivity contribution in [2.45, 2.75) is 29.6 Å². The number of aliphatic carboxylic acids is 1. The minimum absolute atomic E-state index is 0.0742. The summed E-state index contributed by atoms with van der Waals surface area (Å²) < 4.78 is 35.0. The van der Waals surface area contributed by atoms with Gasteiger partial charge in [0.05, 0.1) is 11.3 Å². The first-order valence-corrected chi connectivity index (χ1v) is 8.57. The Morgan fingerprint density at radius 3 is 2.29 bits per heavy atom. The number of carbonyl (C=O) groups is 1. The highest BCUT2D eigenvalue weighted by Gasteiger charge is 2.48. The molecule has 0 amide bonds. The average molecular weight is 312 g/mol. The monoisotopic (exact) mass is 312 g/mol. The highest BCUT2D eigenvalue weighted by molar-refractivity contribution is 7.90. The van der Waals surface area contributed by atoms with Gasteiger partial charge in [-0.1, -0.05) is 0 Å². The van der Waals surface area contributed by atoms with Crippen LogP contribution in [0, 0.1) is 0 Å². The molecule has 0 unspecified atom stereocenters. The smallest absolute Gasteiger partial charge is 0.304 e. The van der Waals surface area contributed by atoms with E-state index in [4.69, 9.17) is 14.6 Å². The molecule has 21 heavy (non-hydrogen) atoms. The van der Waals surface area contributed by atoms with Gasteiger partial charge in [0, 0.05) is 17.7 Å². The molecule has 1 saturated carbocycles. The molecule has 1 aromatic carbocycles. The predicted molar refractivity (Wildman–Crippen MR) is 73.7 cm³/mol. The lowest BCUT2D eigenvalue weighted by molar-refractivity contribution is -0.137. The molecule has 1 aliphatic heterocycles. The number of rotatable bonds is 4. The maximum atomic E-state index is 12.1. The van der Waals surface area contributed by atoms with Crippen LogP contribution in [0.1, 0.15) is 24.8 Å². The van der Waals surface area contributed by atoms with Crippen LogP contribution >= 0.6 is 0 Å². The van der Waals surface area contributed by atoms with Crippen molar-refractivity contribution in [2.75, 3.05) is 19.5 Å². The normalized spacial score (nSPS) is 19.1. The fraction of sp³-hybridized carbons (Fsp3) is 0.500. The van der Waals surface area contributed by atoms with Crippen molar-refractivity contribution in [3.8, 4) is 11.5 Å². The number of benzene rings is 1. The van der Waals surface area contributed by atoms with Crippen molar-refractivity contribution in [2.24, 2.45) is 0 Å². The van der Waals surface area contributed by atoms with Gasteiger partial charge in [0.2, 0.25) is 0 Å². The van der Waals surface area contributed by atoms with Crippen molar-refractivity contribution in [1.82, 2.24) is 0 Å². The van der Waals surface area contributed by atoms with Crippen molar-refractivity contribution >= 4 is 15.8 Å². The molecule has 0 bridgehead atoms. The lowest BCUT2D eigenvalue weighted by atomic mass is 9.92. The predicted octanol–water partition coefficient (Wildman–Crippen LogP) is 1.37. The zero-order valence-electron chi connectivity index (χ0n) is 11.6. The molecule has 1 fully saturated rings. The number of fused-ring (bicyclic) bond motifs is 1. The van der Waals surface area contributed by atoms with E-state index in [0.717, 1.165) is 6.26 Å². The summed E-state index contributed by atoms with van der Waals surface area (Å²) in [6.45, 7) is 0.770. The lowest BCUT2D eigenvalue weighted by Crippen LogP contribution is -2.20. The Morgan fingerprint density at radius 1 is 1.24 bits per heavy atom. The third-order valence-corrected chi connectivity index (χ3v) is 5.10. The molecular formula is C14H16O6S. The van der Waals surface area contributed by atoms with Gasteiger partial charge in [-0.05, 0) is 24.5 Å². The van der Waals surface area contributed by atoms with Crippen molar-refractivity contribution in [1.29, 1.82) is 0 Å². The number of carboxylic acids is 1. The van der Waals surface area contributed by atoms with Gasteiger partial charge >= 0.3 is 5.97 Å². The second kappa shape index (κ2) is 4.62. The van der Waals surface area contributed by atoms with E-state index in [1.165, 1.54) is 6.07 Å². The molecule has 0 atom stereocenters. The Kier molecular flexibility index (Phi) is 3.12. The number of hydrogen-bond donors (Lipinski definition) is 1. The lowest BCUT2D eigenvalue weighted by Gasteiger charge is -2.23. The van der Waals surface area contributed by atoms with E-state index >= 15 is 0 Å². The summed E-state index contributed by atoms with van der Waals surface area (Å²) >= 11 is 0. The Bertz CT molecular complexity index is 702. The largest absolute Gasteiger partial charge is 0.486 e. The molecule has 6 nitrogen and oxygen atoms in total. The highest BCUT2D eigenvalue weighted by atomic mass is 32.2. The fourth-order valence-electron chi connectivity index (χ4n) is 2.77. The maximum Gasteiger partial charge on any atom is 0.304 e. The quantitative estimate of drug-likeness (QED) is 0.903. The fourth-order valence-corrected chi connectivity index (χ4v) is 3.77. The molecule has 0 radical (unpaired) electrons. The van der Waals surface area contributed by atoms with Crippen LogP contribution in [0.4, 0.5) is 0 Å². The zero-order valence-corrected chi connectivity index (χ0v) is 12.4. The standard InChI is InChI=1S/C14H16O6S/c1-21(17,18)12-7-11-10(19-4-5-20-11)6-9(12)14(2-3-14)8-13(15)16/h6-7H,2-5,8H2,1H3,(H,15,16). The summed E-state index contributed by atoms with van der Waals surface area (Å²) in [5.74, 6) is -0.0429. The first-order chi connectivity index (χ1) is 9.82. The molecular weight excluding hydrogens is 296 g/mol. The molecule has 0 aromatic heterocycles. The minimum atomic E-state index is -3.47. The van der Waals surface area contributed by atoms with Crippen LogP contribution in [-0.4, -0.2) is 39.0 Å². The summed E-state index contributed by atoms with van der Waals surface area (Å²) in [4.78, 5) is 11.2. The van der Waals surface area contributed by atoms with E-state index in [-0.39, 0.29) is 11.3 Å². The number of carboxylic acid groups (broad SMARTS) is 1. The molecule has 3 rings (SSSR count). The zero-order chi connectivity index (χ0) is 15.3. The van der Waals surface area contributed by atoms with E-state index in [1.54, 1.807) is 6.07 Å². The third kappa shape index (κ3) is 2.57. The second-order valence-corrected chi connectivity index (χ2v) is 7.60. The van der Waals surface area contributed by atoms with Crippen molar-refractivity contribution in [3.05, 3.63) is 17.7 Å². The maximum absolute atomic E-state index is 12.1. The van der Waals surface area contributed by atoms with E-state index in [1.807, 2.05) is 0 Å². The molecule has 7 heteroatoms. The SMILES string of the molecule is CS(=O)(=O)c1cc2c(cc1C1(CC(=O)O)CC1)OCCO2. The van der Waals surface area contributed by atoms with E-state index < -0.39 is 21.2 Å². The Morgan fingerprint density at radius 2 is 1.81 bits per heavy atom. The van der Waals surface area contributed by atoms with Crippen LogP contribution < -0.4 is 9.47 Å². The Labute approximate surface area is 122 Å². The van der Waals surface area contributed by atoms with Gasteiger partial charge in [-0.3, -0.25) is 4.79 Å². The molecule has 0 saturated heterocycles. The molecule has 2 aliphatic rings. The van der Waals surface area contributed by atoms with Crippen LogP contribution in [0.5, 0.6) is 11.5 Å². The summed E-state index contributed by atoms with van der Waals surface area (Å²) in [6.07, 6.45) is 2.39. The summed E-state index contributed by atoms with van der Waals surface area (Å²) in [6, 6.07) is 3.10. The summed E-state index contributed by atoms with van der Waals surface area (Å²) in [7, 11) is -3.47. The van der Waals surface area contributed by atoms with E-state index in [2.05, 4.69) is 0 Å². The van der Waals surface area contributed by atoms with Gasteiger partial charge in [0.1, 0.15) is 13.2 Å². The average Bonchev–Trinajstić information content (AvgIpc) is 3.16. The van der Waals surface area contributed by atoms with E-state index in [0.29, 0.717) is 43.1 Å². The molecule has 1 heterocycles. The van der Waals surface area contributed by atoms with Gasteiger partial charge in [-0.15, -0.1) is 0 Å². The van der Waals surface area contributed by atoms with E-state index in [9.17, 15) is 13.2 Å². The van der Waals surface area contributed by atoms with Crippen molar-refractivity contribution in [3.63, 3.8) is 0 Å². The third-order valence-electron chi connectivity index (χ3n) is 3.96. The first-order valence-electron chi connectivity index (χ1n) is 6.68. The minimum Gasteiger partial charge on any atom is -0.486 e.